The van der Waals surface area contributed by atoms with Gasteiger partial charge in [-0.2, -0.15) is 0 Å². The zero-order valence-corrected chi connectivity index (χ0v) is 10.0. The normalized spacial score (nSPS) is 12.1. The van der Waals surface area contributed by atoms with E-state index in [1.165, 1.54) is 0 Å². The Morgan fingerprint density at radius 3 is 2.13 bits per heavy atom. The van der Waals surface area contributed by atoms with Gasteiger partial charge in [-0.1, -0.05) is 0 Å². The summed E-state index contributed by atoms with van der Waals surface area (Å²) in [5.74, 6) is -0.394. The highest BCUT2D eigenvalue weighted by atomic mass is 16.7. The van der Waals surface area contributed by atoms with E-state index in [0.717, 1.165) is 0 Å². The number of hydrogen-bond donors (Lipinski definition) is 2. The molecule has 15 heavy (non-hydrogen) atoms. The lowest BCUT2D eigenvalue weighted by Crippen LogP contribution is -2.53. The van der Waals surface area contributed by atoms with Crippen LogP contribution in [-0.2, 0) is 14.3 Å². The van der Waals surface area contributed by atoms with E-state index >= 15 is 0 Å². The Kier molecular flexibility index (Phi) is 6.47. The molecule has 0 aromatic rings. The van der Waals surface area contributed by atoms with Gasteiger partial charge in [0.2, 0.25) is 5.91 Å². The molecule has 0 aliphatic carbocycles. The molecule has 0 aliphatic heterocycles. The molecule has 0 aromatic heterocycles. The fraction of sp³-hybridized carbons (Fsp3) is 0.900. The molecule has 5 heteroatoms. The average Bonchev–Trinajstić information content (AvgIpc) is 2.15. The maximum absolute atomic E-state index is 11.0. The predicted octanol–water partition coefficient (Wildman–Crippen LogP) is 0.239. The molecular formula is C10H22N2O3. The second-order valence-corrected chi connectivity index (χ2v) is 3.71. The van der Waals surface area contributed by atoms with E-state index in [4.69, 9.17) is 15.2 Å². The summed E-state index contributed by atoms with van der Waals surface area (Å²) < 4.78 is 10.6. The lowest BCUT2D eigenvalue weighted by molar-refractivity contribution is -0.138. The van der Waals surface area contributed by atoms with Gasteiger partial charge in [0, 0.05) is 19.8 Å². The zero-order valence-electron chi connectivity index (χ0n) is 10.0. The van der Waals surface area contributed by atoms with Crippen LogP contribution in [0, 0.1) is 0 Å². The average molecular weight is 218 g/mol. The second kappa shape index (κ2) is 6.76. The summed E-state index contributed by atoms with van der Waals surface area (Å²) in [6.07, 6.45) is -0.335. The Morgan fingerprint density at radius 2 is 1.80 bits per heavy atom. The Hall–Kier alpha value is -0.650. The van der Waals surface area contributed by atoms with Crippen molar-refractivity contribution in [1.82, 2.24) is 5.32 Å². The number of carbonyl (C=O) groups is 1. The van der Waals surface area contributed by atoms with Gasteiger partial charge in [0.1, 0.15) is 0 Å². The highest BCUT2D eigenvalue weighted by Gasteiger charge is 2.25. The minimum Gasteiger partial charge on any atom is -0.368 e. The number of hydrogen-bond acceptors (Lipinski definition) is 4. The van der Waals surface area contributed by atoms with Gasteiger partial charge in [0.25, 0.3) is 0 Å². The van der Waals surface area contributed by atoms with Crippen molar-refractivity contribution in [3.8, 4) is 0 Å². The number of primary amides is 1. The molecule has 0 aromatic carbocycles. The third-order valence-corrected chi connectivity index (χ3v) is 2.03. The van der Waals surface area contributed by atoms with Crippen LogP contribution in [0.4, 0.5) is 0 Å². The molecule has 0 spiro atoms. The van der Waals surface area contributed by atoms with Gasteiger partial charge in [-0.15, -0.1) is 0 Å². The van der Waals surface area contributed by atoms with Gasteiger partial charge < -0.3 is 15.2 Å². The van der Waals surface area contributed by atoms with Crippen molar-refractivity contribution in [3.05, 3.63) is 0 Å². The van der Waals surface area contributed by atoms with Crippen molar-refractivity contribution in [3.63, 3.8) is 0 Å². The van der Waals surface area contributed by atoms with Gasteiger partial charge >= 0.3 is 0 Å². The highest BCUT2D eigenvalue weighted by molar-refractivity contribution is 5.83. The smallest absolute Gasteiger partial charge is 0.237 e. The van der Waals surface area contributed by atoms with Crippen LogP contribution >= 0.6 is 0 Å². The molecule has 0 saturated carbocycles. The van der Waals surface area contributed by atoms with Crippen molar-refractivity contribution < 1.29 is 14.3 Å². The molecule has 0 rings (SSSR count). The molecule has 0 radical (unpaired) electrons. The second-order valence-electron chi connectivity index (χ2n) is 3.71. The SMILES string of the molecule is CCOC(CNC(C)(C)C(N)=O)OCC. The van der Waals surface area contributed by atoms with Crippen molar-refractivity contribution in [1.29, 1.82) is 0 Å². The van der Waals surface area contributed by atoms with Crippen LogP contribution < -0.4 is 11.1 Å². The summed E-state index contributed by atoms with van der Waals surface area (Å²) in [5, 5.41) is 3.00. The maximum Gasteiger partial charge on any atom is 0.237 e. The van der Waals surface area contributed by atoms with Crippen LogP contribution in [0.25, 0.3) is 0 Å². The molecule has 0 unspecified atom stereocenters. The first-order valence-corrected chi connectivity index (χ1v) is 5.22. The van der Waals surface area contributed by atoms with E-state index in [9.17, 15) is 4.79 Å². The van der Waals surface area contributed by atoms with Gasteiger partial charge in [-0.25, -0.2) is 0 Å². The molecule has 0 bridgehead atoms. The fourth-order valence-corrected chi connectivity index (χ4v) is 0.963. The van der Waals surface area contributed by atoms with Gasteiger partial charge in [-0.3, -0.25) is 10.1 Å². The van der Waals surface area contributed by atoms with Gasteiger partial charge in [0.05, 0.1) is 5.54 Å². The third kappa shape index (κ3) is 5.71. The van der Waals surface area contributed by atoms with Crippen LogP contribution in [-0.4, -0.2) is 37.5 Å². The Morgan fingerprint density at radius 1 is 1.33 bits per heavy atom. The molecule has 1 amide bonds. The van der Waals surface area contributed by atoms with E-state index in [1.54, 1.807) is 13.8 Å². The molecule has 0 fully saturated rings. The summed E-state index contributed by atoms with van der Waals surface area (Å²) in [4.78, 5) is 11.0. The van der Waals surface area contributed by atoms with Crippen LogP contribution in [0.5, 0.6) is 0 Å². The number of rotatable bonds is 8. The van der Waals surface area contributed by atoms with Gasteiger partial charge in [0.15, 0.2) is 6.29 Å². The first-order chi connectivity index (χ1) is 6.94. The summed E-state index contributed by atoms with van der Waals surface area (Å²) in [7, 11) is 0. The first kappa shape index (κ1) is 14.3. The van der Waals surface area contributed by atoms with Crippen LogP contribution in [0.15, 0.2) is 0 Å². The standard InChI is InChI=1S/C10H22N2O3/c1-5-14-8(15-6-2)7-12-10(3,4)9(11)13/h8,12H,5-7H2,1-4H3,(H2,11,13). The minimum absolute atomic E-state index is 0.335. The fourth-order valence-electron chi connectivity index (χ4n) is 0.963. The lowest BCUT2D eigenvalue weighted by Gasteiger charge is -2.25. The molecular weight excluding hydrogens is 196 g/mol. The zero-order chi connectivity index (χ0) is 11.9. The van der Waals surface area contributed by atoms with E-state index in [-0.39, 0.29) is 6.29 Å². The van der Waals surface area contributed by atoms with E-state index in [2.05, 4.69) is 5.32 Å². The largest absolute Gasteiger partial charge is 0.368 e. The van der Waals surface area contributed by atoms with Crippen LogP contribution in [0.1, 0.15) is 27.7 Å². The van der Waals surface area contributed by atoms with Crippen LogP contribution in [0.3, 0.4) is 0 Å². The molecule has 0 saturated heterocycles. The predicted molar refractivity (Wildman–Crippen MR) is 58.3 cm³/mol. The Labute approximate surface area is 91.3 Å². The van der Waals surface area contributed by atoms with E-state index in [0.29, 0.717) is 19.8 Å². The van der Waals surface area contributed by atoms with Crippen molar-refractivity contribution >= 4 is 5.91 Å². The molecule has 0 aliphatic rings. The highest BCUT2D eigenvalue weighted by Crippen LogP contribution is 2.02. The molecule has 3 N–H and O–H groups in total. The molecule has 90 valence electrons. The van der Waals surface area contributed by atoms with Crippen molar-refractivity contribution in [2.24, 2.45) is 5.73 Å². The monoisotopic (exact) mass is 218 g/mol. The quantitative estimate of drug-likeness (QED) is 0.572. The minimum atomic E-state index is -0.744. The van der Waals surface area contributed by atoms with Crippen LogP contribution in [0.2, 0.25) is 0 Å². The third-order valence-electron chi connectivity index (χ3n) is 2.03. The molecule has 0 atom stereocenters. The summed E-state index contributed by atoms with van der Waals surface area (Å²) in [6, 6.07) is 0. The maximum atomic E-state index is 11.0. The Bertz CT molecular complexity index is 189. The molecule has 5 nitrogen and oxygen atoms in total. The van der Waals surface area contributed by atoms with Crippen molar-refractivity contribution in [2.45, 2.75) is 39.5 Å². The number of amides is 1. The van der Waals surface area contributed by atoms with Gasteiger partial charge in [-0.05, 0) is 27.7 Å². The first-order valence-electron chi connectivity index (χ1n) is 5.22. The summed E-state index contributed by atoms with van der Waals surface area (Å²) in [6.45, 7) is 8.83. The summed E-state index contributed by atoms with van der Waals surface area (Å²) >= 11 is 0. The Balaban J connectivity index is 4.02. The topological polar surface area (TPSA) is 73.6 Å². The number of nitrogens with two attached hydrogens (primary N) is 1. The number of ether oxygens (including phenoxy) is 2. The lowest BCUT2D eigenvalue weighted by atomic mass is 10.1. The van der Waals surface area contributed by atoms with E-state index in [1.807, 2.05) is 13.8 Å². The number of carbonyl (C=O) groups excluding carboxylic acids is 1. The van der Waals surface area contributed by atoms with E-state index < -0.39 is 11.4 Å². The summed E-state index contributed by atoms with van der Waals surface area (Å²) in [5.41, 5.74) is 4.48. The number of nitrogens with one attached hydrogen (secondary N) is 1. The molecule has 0 heterocycles. The van der Waals surface area contributed by atoms with Crippen molar-refractivity contribution in [2.75, 3.05) is 19.8 Å².